The van der Waals surface area contributed by atoms with E-state index < -0.39 is 0 Å². The van der Waals surface area contributed by atoms with Gasteiger partial charge < -0.3 is 0 Å². The fourth-order valence-corrected chi connectivity index (χ4v) is 2.52. The first-order valence-electron chi connectivity index (χ1n) is 4.20. The van der Waals surface area contributed by atoms with E-state index in [1.807, 2.05) is 0 Å². The number of hydrogen-bond acceptors (Lipinski definition) is 0. The molecule has 0 spiro atoms. The monoisotopic (exact) mass is 284 g/mol. The fourth-order valence-electron chi connectivity index (χ4n) is 1.13. The summed E-state index contributed by atoms with van der Waals surface area (Å²) in [5.74, 6) is 0.843. The van der Waals surface area contributed by atoms with Gasteiger partial charge in [0, 0.05) is 10.7 Å². The van der Waals surface area contributed by atoms with Crippen LogP contribution < -0.4 is 0 Å². The standard InChI is InChI=1S/C9H18Br2/c1-4-8(2)5-9(3,6-10)7-11/h8H,4-7H2,1-3H3. The predicted octanol–water partition coefficient (Wildman–Crippen LogP) is 4.22. The molecule has 0 aliphatic heterocycles. The fraction of sp³-hybridized carbons (Fsp3) is 1.00. The van der Waals surface area contributed by atoms with Crippen molar-refractivity contribution in [3.63, 3.8) is 0 Å². The zero-order valence-electron chi connectivity index (χ0n) is 7.66. The van der Waals surface area contributed by atoms with Crippen molar-refractivity contribution in [2.45, 2.75) is 33.6 Å². The first-order valence-corrected chi connectivity index (χ1v) is 6.44. The lowest BCUT2D eigenvalue weighted by molar-refractivity contribution is 0.319. The number of hydrogen-bond donors (Lipinski definition) is 0. The molecular weight excluding hydrogens is 268 g/mol. The van der Waals surface area contributed by atoms with E-state index in [9.17, 15) is 0 Å². The Morgan fingerprint density at radius 1 is 1.27 bits per heavy atom. The minimum atomic E-state index is 0.440. The van der Waals surface area contributed by atoms with Gasteiger partial charge in [0.05, 0.1) is 0 Å². The van der Waals surface area contributed by atoms with Gasteiger partial charge in [-0.05, 0) is 17.8 Å². The molecule has 68 valence electrons. The Kier molecular flexibility index (Phi) is 6.07. The van der Waals surface area contributed by atoms with E-state index in [1.54, 1.807) is 0 Å². The smallest absolute Gasteiger partial charge is 0.00934 e. The summed E-state index contributed by atoms with van der Waals surface area (Å²) in [6.45, 7) is 6.90. The lowest BCUT2D eigenvalue weighted by atomic mass is 9.84. The van der Waals surface area contributed by atoms with Crippen LogP contribution in [0.2, 0.25) is 0 Å². The Morgan fingerprint density at radius 3 is 2.00 bits per heavy atom. The van der Waals surface area contributed by atoms with Gasteiger partial charge in [-0.1, -0.05) is 59.1 Å². The highest BCUT2D eigenvalue weighted by Gasteiger charge is 2.23. The van der Waals surface area contributed by atoms with Crippen LogP contribution in [0.3, 0.4) is 0 Å². The van der Waals surface area contributed by atoms with Gasteiger partial charge in [0.25, 0.3) is 0 Å². The molecule has 0 aromatic heterocycles. The second-order valence-electron chi connectivity index (χ2n) is 3.80. The summed E-state index contributed by atoms with van der Waals surface area (Å²) in [4.78, 5) is 0. The molecule has 0 saturated carbocycles. The highest BCUT2D eigenvalue weighted by atomic mass is 79.9. The second-order valence-corrected chi connectivity index (χ2v) is 4.92. The highest BCUT2D eigenvalue weighted by Crippen LogP contribution is 2.31. The van der Waals surface area contributed by atoms with Crippen molar-refractivity contribution < 1.29 is 0 Å². The largest absolute Gasteiger partial charge is 0.0922 e. The summed E-state index contributed by atoms with van der Waals surface area (Å²) in [6.07, 6.45) is 2.59. The lowest BCUT2D eigenvalue weighted by Crippen LogP contribution is -2.23. The number of rotatable bonds is 5. The molecule has 0 aliphatic carbocycles. The Balaban J connectivity index is 3.86. The van der Waals surface area contributed by atoms with Gasteiger partial charge in [-0.25, -0.2) is 0 Å². The van der Waals surface area contributed by atoms with Crippen LogP contribution in [-0.2, 0) is 0 Å². The topological polar surface area (TPSA) is 0 Å². The van der Waals surface area contributed by atoms with E-state index in [-0.39, 0.29) is 0 Å². The molecule has 1 atom stereocenters. The van der Waals surface area contributed by atoms with Crippen LogP contribution in [0, 0.1) is 11.3 Å². The summed E-state index contributed by atoms with van der Waals surface area (Å²) in [5.41, 5.74) is 0.440. The van der Waals surface area contributed by atoms with Crippen LogP contribution >= 0.6 is 31.9 Å². The van der Waals surface area contributed by atoms with E-state index in [1.165, 1.54) is 12.8 Å². The zero-order chi connectivity index (χ0) is 8.91. The first-order chi connectivity index (χ1) is 5.08. The molecule has 2 heteroatoms. The van der Waals surface area contributed by atoms with Crippen molar-refractivity contribution in [1.82, 2.24) is 0 Å². The molecule has 0 N–H and O–H groups in total. The van der Waals surface area contributed by atoms with E-state index in [4.69, 9.17) is 0 Å². The van der Waals surface area contributed by atoms with Crippen molar-refractivity contribution in [1.29, 1.82) is 0 Å². The molecule has 0 heterocycles. The average molecular weight is 286 g/mol. The van der Waals surface area contributed by atoms with Gasteiger partial charge in [-0.15, -0.1) is 0 Å². The van der Waals surface area contributed by atoms with E-state index >= 15 is 0 Å². The summed E-state index contributed by atoms with van der Waals surface area (Å²) in [6, 6.07) is 0. The number of halogens is 2. The van der Waals surface area contributed by atoms with Gasteiger partial charge in [0.15, 0.2) is 0 Å². The summed E-state index contributed by atoms with van der Waals surface area (Å²) in [5, 5.41) is 2.19. The zero-order valence-corrected chi connectivity index (χ0v) is 10.8. The molecule has 0 radical (unpaired) electrons. The van der Waals surface area contributed by atoms with Crippen molar-refractivity contribution in [2.24, 2.45) is 11.3 Å². The summed E-state index contributed by atoms with van der Waals surface area (Å²) < 4.78 is 0. The molecule has 0 amide bonds. The highest BCUT2D eigenvalue weighted by molar-refractivity contribution is 9.09. The molecule has 11 heavy (non-hydrogen) atoms. The van der Waals surface area contributed by atoms with Crippen LogP contribution in [-0.4, -0.2) is 10.7 Å². The Bertz CT molecular complexity index is 97.7. The molecule has 0 aromatic rings. The molecule has 0 saturated heterocycles. The van der Waals surface area contributed by atoms with Crippen molar-refractivity contribution in [3.05, 3.63) is 0 Å². The molecule has 0 nitrogen and oxygen atoms in total. The minimum absolute atomic E-state index is 0.440. The molecule has 0 bridgehead atoms. The molecule has 1 unspecified atom stereocenters. The van der Waals surface area contributed by atoms with Crippen LogP contribution in [0.25, 0.3) is 0 Å². The molecule has 0 rings (SSSR count). The lowest BCUT2D eigenvalue weighted by Gasteiger charge is -2.27. The minimum Gasteiger partial charge on any atom is -0.0922 e. The number of alkyl halides is 2. The molecule has 0 aliphatic rings. The normalized spacial score (nSPS) is 15.0. The second kappa shape index (κ2) is 5.58. The van der Waals surface area contributed by atoms with Gasteiger partial charge in [0.1, 0.15) is 0 Å². The van der Waals surface area contributed by atoms with Gasteiger partial charge in [-0.3, -0.25) is 0 Å². The third kappa shape index (κ3) is 4.51. The molecule has 0 aromatic carbocycles. The SMILES string of the molecule is CCC(C)CC(C)(CBr)CBr. The third-order valence-electron chi connectivity index (χ3n) is 2.18. The van der Waals surface area contributed by atoms with Gasteiger partial charge in [-0.2, -0.15) is 0 Å². The quantitative estimate of drug-likeness (QED) is 0.664. The van der Waals surface area contributed by atoms with Gasteiger partial charge in [0.2, 0.25) is 0 Å². The Hall–Kier alpha value is 0.960. The maximum atomic E-state index is 3.56. The van der Waals surface area contributed by atoms with E-state index in [0.29, 0.717) is 5.41 Å². The maximum absolute atomic E-state index is 3.56. The summed E-state index contributed by atoms with van der Waals surface area (Å²) in [7, 11) is 0. The van der Waals surface area contributed by atoms with Crippen LogP contribution in [0.1, 0.15) is 33.6 Å². The third-order valence-corrected chi connectivity index (χ3v) is 4.89. The average Bonchev–Trinajstić information content (AvgIpc) is 2.04. The Labute approximate surface area is 87.4 Å². The van der Waals surface area contributed by atoms with Crippen LogP contribution in [0.15, 0.2) is 0 Å². The van der Waals surface area contributed by atoms with Crippen molar-refractivity contribution >= 4 is 31.9 Å². The Morgan fingerprint density at radius 2 is 1.73 bits per heavy atom. The maximum Gasteiger partial charge on any atom is 0.00934 e. The first kappa shape index (κ1) is 12.0. The molecule has 0 fully saturated rings. The molecular formula is C9H18Br2. The predicted molar refractivity (Wildman–Crippen MR) is 59.8 cm³/mol. The van der Waals surface area contributed by atoms with E-state index in [2.05, 4.69) is 52.6 Å². The van der Waals surface area contributed by atoms with E-state index in [0.717, 1.165) is 16.6 Å². The van der Waals surface area contributed by atoms with Crippen molar-refractivity contribution in [2.75, 3.05) is 10.7 Å². The summed E-state index contributed by atoms with van der Waals surface area (Å²) >= 11 is 7.12. The van der Waals surface area contributed by atoms with Crippen LogP contribution in [0.4, 0.5) is 0 Å². The van der Waals surface area contributed by atoms with Crippen molar-refractivity contribution in [3.8, 4) is 0 Å². The van der Waals surface area contributed by atoms with Crippen LogP contribution in [0.5, 0.6) is 0 Å². The van der Waals surface area contributed by atoms with Gasteiger partial charge >= 0.3 is 0 Å².